The van der Waals surface area contributed by atoms with Crippen LogP contribution in [0.2, 0.25) is 0 Å². The number of ether oxygens (including phenoxy) is 1. The molecule has 0 atom stereocenters. The van der Waals surface area contributed by atoms with Crippen molar-refractivity contribution in [3.8, 4) is 11.1 Å². The van der Waals surface area contributed by atoms with Crippen LogP contribution in [-0.2, 0) is 23.0 Å². The summed E-state index contributed by atoms with van der Waals surface area (Å²) in [6.45, 7) is 13.8. The van der Waals surface area contributed by atoms with Crippen molar-refractivity contribution in [3.63, 3.8) is 0 Å². The first-order valence-electron chi connectivity index (χ1n) is 11.5. The van der Waals surface area contributed by atoms with Crippen molar-refractivity contribution in [2.75, 3.05) is 13.2 Å². The standard InChI is InChI=1S/C27H40N2O3/c1-26(2,3)14-13-24(30)32-16-8-15-28-25(31)23-17-22(19-29(23)7)21-11-9-20(10-12-21)18-27(4,5)6/h9-12,17,19H,8,13-16,18H2,1-7H3,(H,28,31). The van der Waals surface area contributed by atoms with Crippen molar-refractivity contribution in [1.29, 1.82) is 0 Å². The molecule has 1 heterocycles. The number of aromatic nitrogens is 1. The number of hydrogen-bond donors (Lipinski definition) is 1. The Balaban J connectivity index is 1.82. The zero-order valence-corrected chi connectivity index (χ0v) is 20.9. The summed E-state index contributed by atoms with van der Waals surface area (Å²) in [5.74, 6) is -0.297. The SMILES string of the molecule is Cn1cc(-c2ccc(CC(C)(C)C)cc2)cc1C(=O)NCCCOC(=O)CCC(C)(C)C. The first-order chi connectivity index (χ1) is 14.8. The summed E-state index contributed by atoms with van der Waals surface area (Å²) >= 11 is 0. The van der Waals surface area contributed by atoms with Gasteiger partial charge in [0.15, 0.2) is 0 Å². The second kappa shape index (κ2) is 10.8. The van der Waals surface area contributed by atoms with Gasteiger partial charge in [-0.15, -0.1) is 0 Å². The van der Waals surface area contributed by atoms with Crippen LogP contribution in [0.4, 0.5) is 0 Å². The molecule has 0 saturated carbocycles. The van der Waals surface area contributed by atoms with Gasteiger partial charge in [-0.05, 0) is 47.3 Å². The molecule has 5 heteroatoms. The Morgan fingerprint density at radius 1 is 0.969 bits per heavy atom. The number of nitrogens with zero attached hydrogens (tertiary/aromatic N) is 1. The van der Waals surface area contributed by atoms with Gasteiger partial charge in [0.05, 0.1) is 6.61 Å². The molecular weight excluding hydrogens is 400 g/mol. The summed E-state index contributed by atoms with van der Waals surface area (Å²) in [6.07, 6.45) is 4.84. The molecule has 2 rings (SSSR count). The maximum atomic E-state index is 12.6. The molecule has 0 aliphatic carbocycles. The van der Waals surface area contributed by atoms with Crippen molar-refractivity contribution >= 4 is 11.9 Å². The number of nitrogens with one attached hydrogen (secondary N) is 1. The van der Waals surface area contributed by atoms with Gasteiger partial charge in [-0.25, -0.2) is 0 Å². The lowest BCUT2D eigenvalue weighted by Gasteiger charge is -2.18. The van der Waals surface area contributed by atoms with Crippen LogP contribution in [0.3, 0.4) is 0 Å². The number of amides is 1. The van der Waals surface area contributed by atoms with E-state index in [-0.39, 0.29) is 22.7 Å². The Morgan fingerprint density at radius 2 is 1.62 bits per heavy atom. The normalized spacial score (nSPS) is 12.0. The van der Waals surface area contributed by atoms with E-state index in [1.807, 2.05) is 23.9 Å². The molecular formula is C27H40N2O3. The maximum Gasteiger partial charge on any atom is 0.305 e. The van der Waals surface area contributed by atoms with Gasteiger partial charge in [0, 0.05) is 31.8 Å². The fourth-order valence-corrected chi connectivity index (χ4v) is 3.48. The quantitative estimate of drug-likeness (QED) is 0.398. The van der Waals surface area contributed by atoms with E-state index >= 15 is 0 Å². The van der Waals surface area contributed by atoms with E-state index in [4.69, 9.17) is 4.74 Å². The van der Waals surface area contributed by atoms with Crippen molar-refractivity contribution in [1.82, 2.24) is 9.88 Å². The van der Waals surface area contributed by atoms with E-state index in [2.05, 4.69) is 71.1 Å². The Labute approximate surface area is 193 Å². The molecule has 5 nitrogen and oxygen atoms in total. The molecule has 0 aliphatic heterocycles. The highest BCUT2D eigenvalue weighted by Gasteiger charge is 2.15. The molecule has 1 aromatic carbocycles. The summed E-state index contributed by atoms with van der Waals surface area (Å²) in [4.78, 5) is 24.4. The lowest BCUT2D eigenvalue weighted by Crippen LogP contribution is -2.27. The number of rotatable bonds is 9. The largest absolute Gasteiger partial charge is 0.466 e. The minimum atomic E-state index is -0.174. The van der Waals surface area contributed by atoms with E-state index in [1.165, 1.54) is 5.56 Å². The van der Waals surface area contributed by atoms with E-state index in [0.29, 0.717) is 31.7 Å². The van der Waals surface area contributed by atoms with Crippen LogP contribution in [-0.4, -0.2) is 29.6 Å². The predicted octanol–water partition coefficient (Wildman–Crippen LogP) is 5.77. The highest BCUT2D eigenvalue weighted by atomic mass is 16.5. The molecule has 0 saturated heterocycles. The molecule has 32 heavy (non-hydrogen) atoms. The van der Waals surface area contributed by atoms with Crippen molar-refractivity contribution in [2.45, 2.75) is 67.2 Å². The Morgan fingerprint density at radius 3 is 2.22 bits per heavy atom. The molecule has 0 fully saturated rings. The highest BCUT2D eigenvalue weighted by molar-refractivity contribution is 5.94. The monoisotopic (exact) mass is 440 g/mol. The van der Waals surface area contributed by atoms with Crippen LogP contribution in [0.1, 0.15) is 76.9 Å². The van der Waals surface area contributed by atoms with Crippen molar-refractivity contribution < 1.29 is 14.3 Å². The number of carbonyl (C=O) groups is 2. The molecule has 0 radical (unpaired) electrons. The van der Waals surface area contributed by atoms with E-state index < -0.39 is 0 Å². The third-order valence-electron chi connectivity index (χ3n) is 5.21. The predicted molar refractivity (Wildman–Crippen MR) is 131 cm³/mol. The third-order valence-corrected chi connectivity index (χ3v) is 5.21. The van der Waals surface area contributed by atoms with E-state index in [1.54, 1.807) is 0 Å². The molecule has 0 spiro atoms. The zero-order chi connectivity index (χ0) is 23.9. The molecule has 2 aromatic rings. The summed E-state index contributed by atoms with van der Waals surface area (Å²) in [5.41, 5.74) is 4.42. The fourth-order valence-electron chi connectivity index (χ4n) is 3.48. The van der Waals surface area contributed by atoms with Crippen LogP contribution in [0.5, 0.6) is 0 Å². The van der Waals surface area contributed by atoms with Crippen LogP contribution in [0.15, 0.2) is 36.5 Å². The lowest BCUT2D eigenvalue weighted by atomic mass is 9.88. The number of hydrogen-bond acceptors (Lipinski definition) is 3. The van der Waals surface area contributed by atoms with E-state index in [0.717, 1.165) is 24.0 Å². The first-order valence-corrected chi connectivity index (χ1v) is 11.5. The third kappa shape index (κ3) is 8.89. The van der Waals surface area contributed by atoms with Crippen LogP contribution < -0.4 is 5.32 Å². The summed E-state index contributed by atoms with van der Waals surface area (Å²) in [7, 11) is 1.88. The minimum absolute atomic E-state index is 0.120. The molecule has 1 amide bonds. The summed E-state index contributed by atoms with van der Waals surface area (Å²) < 4.78 is 7.10. The van der Waals surface area contributed by atoms with Crippen molar-refractivity contribution in [2.24, 2.45) is 17.9 Å². The van der Waals surface area contributed by atoms with E-state index in [9.17, 15) is 9.59 Å². The molecule has 1 N–H and O–H groups in total. The van der Waals surface area contributed by atoms with Gasteiger partial charge >= 0.3 is 5.97 Å². The van der Waals surface area contributed by atoms with Crippen LogP contribution >= 0.6 is 0 Å². The van der Waals surface area contributed by atoms with Gasteiger partial charge in [0.25, 0.3) is 5.91 Å². The fraction of sp³-hybridized carbons (Fsp3) is 0.556. The first kappa shape index (κ1) is 25.7. The van der Waals surface area contributed by atoms with Gasteiger partial charge in [0.2, 0.25) is 0 Å². The second-order valence-electron chi connectivity index (χ2n) is 11.0. The zero-order valence-electron chi connectivity index (χ0n) is 20.9. The number of esters is 1. The Kier molecular flexibility index (Phi) is 8.71. The van der Waals surface area contributed by atoms with Crippen LogP contribution in [0.25, 0.3) is 11.1 Å². The molecule has 0 bridgehead atoms. The average molecular weight is 441 g/mol. The van der Waals surface area contributed by atoms with Gasteiger partial charge in [-0.2, -0.15) is 0 Å². The van der Waals surface area contributed by atoms with Gasteiger partial charge in [-0.1, -0.05) is 65.8 Å². The van der Waals surface area contributed by atoms with Gasteiger partial charge in [0.1, 0.15) is 5.69 Å². The smallest absolute Gasteiger partial charge is 0.305 e. The van der Waals surface area contributed by atoms with Crippen LogP contribution in [0, 0.1) is 10.8 Å². The topological polar surface area (TPSA) is 60.3 Å². The van der Waals surface area contributed by atoms with Gasteiger partial charge in [-0.3, -0.25) is 9.59 Å². The lowest BCUT2D eigenvalue weighted by molar-refractivity contribution is -0.144. The Hall–Kier alpha value is -2.56. The highest BCUT2D eigenvalue weighted by Crippen LogP contribution is 2.25. The average Bonchev–Trinajstić information content (AvgIpc) is 3.06. The van der Waals surface area contributed by atoms with Crippen molar-refractivity contribution in [3.05, 3.63) is 47.8 Å². The minimum Gasteiger partial charge on any atom is -0.466 e. The van der Waals surface area contributed by atoms with Gasteiger partial charge < -0.3 is 14.6 Å². The maximum absolute atomic E-state index is 12.6. The number of carbonyl (C=O) groups excluding carboxylic acids is 2. The molecule has 0 unspecified atom stereocenters. The number of benzene rings is 1. The Bertz CT molecular complexity index is 896. The summed E-state index contributed by atoms with van der Waals surface area (Å²) in [6, 6.07) is 10.5. The molecule has 176 valence electrons. The molecule has 1 aromatic heterocycles. The summed E-state index contributed by atoms with van der Waals surface area (Å²) in [5, 5.41) is 2.92. The second-order valence-corrected chi connectivity index (χ2v) is 11.0. The number of aryl methyl sites for hydroxylation is 1. The molecule has 0 aliphatic rings.